The number of hydrogen-bond acceptors (Lipinski definition) is 7. The molecular formula is C22H25ClN8O. The second-order valence-electron chi connectivity index (χ2n) is 7.87. The van der Waals surface area contributed by atoms with Crippen LogP contribution < -0.4 is 11.1 Å². The van der Waals surface area contributed by atoms with Crippen LogP contribution in [0.25, 0.3) is 22.1 Å². The first-order valence-electron chi connectivity index (χ1n) is 10.2. The van der Waals surface area contributed by atoms with Gasteiger partial charge in [0.15, 0.2) is 5.65 Å². The molecule has 0 bridgehead atoms. The number of ether oxygens (including phenoxy) is 1. The fourth-order valence-electron chi connectivity index (χ4n) is 4.17. The summed E-state index contributed by atoms with van der Waals surface area (Å²) in [6, 6.07) is 6.44. The number of aryl methyl sites for hydroxylation is 2. The molecule has 3 aromatic heterocycles. The standard InChI is InChI=1S/C22H24N8O.ClH/c1-13-27-17-6-4-14(8-19(17)29(13)2)5-7-18-20-21(23)25-12-26-22(20)30(28-18)16-9-15(11-31-3)24-10-16;/h4,6,8,12,15-16,24H,9-11H2,1-3H3,(H2,23,25,26);1H/t15-,16+;/m1./s1. The van der Waals surface area contributed by atoms with E-state index in [1.54, 1.807) is 7.11 Å². The molecule has 166 valence electrons. The van der Waals surface area contributed by atoms with Gasteiger partial charge in [-0.1, -0.05) is 5.92 Å². The highest BCUT2D eigenvalue weighted by molar-refractivity contribution is 5.90. The molecule has 10 heteroatoms. The lowest BCUT2D eigenvalue weighted by atomic mass is 10.2. The zero-order valence-corrected chi connectivity index (χ0v) is 19.0. The predicted octanol–water partition coefficient (Wildman–Crippen LogP) is 1.97. The van der Waals surface area contributed by atoms with Crippen molar-refractivity contribution in [3.63, 3.8) is 0 Å². The SMILES string of the molecule is COC[C@H]1C[C@H](n2nc(C#Cc3ccc4nc(C)n(C)c4c3)c3c(N)ncnc32)CN1.Cl. The summed E-state index contributed by atoms with van der Waals surface area (Å²) in [7, 11) is 3.71. The predicted molar refractivity (Wildman–Crippen MR) is 126 cm³/mol. The Balaban J connectivity index is 0.00000245. The van der Waals surface area contributed by atoms with Crippen molar-refractivity contribution < 1.29 is 4.74 Å². The Morgan fingerprint density at radius 3 is 2.94 bits per heavy atom. The van der Waals surface area contributed by atoms with Crippen LogP contribution in [0.1, 0.15) is 29.5 Å². The van der Waals surface area contributed by atoms with Gasteiger partial charge < -0.3 is 20.4 Å². The lowest BCUT2D eigenvalue weighted by Gasteiger charge is -2.10. The lowest BCUT2D eigenvalue weighted by Crippen LogP contribution is -2.25. The molecule has 32 heavy (non-hydrogen) atoms. The molecule has 1 fully saturated rings. The van der Waals surface area contributed by atoms with Crippen LogP contribution in [0.4, 0.5) is 5.82 Å². The van der Waals surface area contributed by atoms with Crippen molar-refractivity contribution in [1.29, 1.82) is 0 Å². The Labute approximate surface area is 191 Å². The number of anilines is 1. The van der Waals surface area contributed by atoms with Gasteiger partial charge in [0.05, 0.1) is 29.1 Å². The van der Waals surface area contributed by atoms with Gasteiger partial charge in [-0.2, -0.15) is 5.10 Å². The molecule has 0 amide bonds. The molecular weight excluding hydrogens is 428 g/mol. The first kappa shape index (κ1) is 22.0. The highest BCUT2D eigenvalue weighted by atomic mass is 35.5. The maximum Gasteiger partial charge on any atom is 0.164 e. The molecule has 0 spiro atoms. The number of nitrogens with zero attached hydrogens (tertiary/aromatic N) is 6. The fourth-order valence-corrected chi connectivity index (χ4v) is 4.17. The van der Waals surface area contributed by atoms with Crippen LogP contribution in [0.5, 0.6) is 0 Å². The van der Waals surface area contributed by atoms with Crippen LogP contribution in [0.3, 0.4) is 0 Å². The molecule has 5 rings (SSSR count). The Morgan fingerprint density at radius 1 is 1.28 bits per heavy atom. The second kappa shape index (κ2) is 8.74. The summed E-state index contributed by atoms with van der Waals surface area (Å²) in [5, 5.41) is 8.96. The average molecular weight is 453 g/mol. The minimum Gasteiger partial charge on any atom is -0.383 e. The van der Waals surface area contributed by atoms with E-state index in [9.17, 15) is 0 Å². The summed E-state index contributed by atoms with van der Waals surface area (Å²) in [6.07, 6.45) is 2.37. The monoisotopic (exact) mass is 452 g/mol. The van der Waals surface area contributed by atoms with E-state index >= 15 is 0 Å². The van der Waals surface area contributed by atoms with Crippen LogP contribution in [0, 0.1) is 18.8 Å². The van der Waals surface area contributed by atoms with E-state index in [1.807, 2.05) is 36.9 Å². The van der Waals surface area contributed by atoms with Gasteiger partial charge in [0.2, 0.25) is 0 Å². The summed E-state index contributed by atoms with van der Waals surface area (Å²) in [6.45, 7) is 3.44. The molecule has 0 radical (unpaired) electrons. The third-order valence-electron chi connectivity index (χ3n) is 5.86. The summed E-state index contributed by atoms with van der Waals surface area (Å²) < 4.78 is 9.26. The van der Waals surface area contributed by atoms with E-state index < -0.39 is 0 Å². The molecule has 1 saturated heterocycles. The summed E-state index contributed by atoms with van der Waals surface area (Å²) in [5.74, 6) is 7.78. The lowest BCUT2D eigenvalue weighted by molar-refractivity contribution is 0.172. The quantitative estimate of drug-likeness (QED) is 0.457. The van der Waals surface area contributed by atoms with Crippen molar-refractivity contribution >= 4 is 40.3 Å². The van der Waals surface area contributed by atoms with Gasteiger partial charge in [-0.25, -0.2) is 19.6 Å². The van der Waals surface area contributed by atoms with E-state index in [0.29, 0.717) is 29.2 Å². The number of methoxy groups -OCH3 is 1. The van der Waals surface area contributed by atoms with E-state index in [1.165, 1.54) is 6.33 Å². The number of nitrogens with one attached hydrogen (secondary N) is 1. The molecule has 1 aliphatic rings. The molecule has 1 aromatic carbocycles. The Hall–Kier alpha value is -3.19. The number of aromatic nitrogens is 6. The highest BCUT2D eigenvalue weighted by Gasteiger charge is 2.28. The number of benzene rings is 1. The van der Waals surface area contributed by atoms with Gasteiger partial charge in [0.1, 0.15) is 23.7 Å². The summed E-state index contributed by atoms with van der Waals surface area (Å²) >= 11 is 0. The van der Waals surface area contributed by atoms with Gasteiger partial charge in [0.25, 0.3) is 0 Å². The van der Waals surface area contributed by atoms with E-state index in [-0.39, 0.29) is 24.5 Å². The Morgan fingerprint density at radius 2 is 2.12 bits per heavy atom. The third-order valence-corrected chi connectivity index (χ3v) is 5.86. The highest BCUT2D eigenvalue weighted by Crippen LogP contribution is 2.27. The normalized spacial score (nSPS) is 18.0. The fraction of sp³-hybridized carbons (Fsp3) is 0.364. The van der Waals surface area contributed by atoms with Gasteiger partial charge >= 0.3 is 0 Å². The van der Waals surface area contributed by atoms with E-state index in [4.69, 9.17) is 15.6 Å². The Bertz CT molecular complexity index is 1350. The van der Waals surface area contributed by atoms with Gasteiger partial charge in [-0.05, 0) is 37.5 Å². The smallest absolute Gasteiger partial charge is 0.164 e. The number of fused-ring (bicyclic) bond motifs is 2. The summed E-state index contributed by atoms with van der Waals surface area (Å²) in [5.41, 5.74) is 10.4. The maximum absolute atomic E-state index is 6.19. The zero-order chi connectivity index (χ0) is 21.5. The molecule has 0 unspecified atom stereocenters. The van der Waals surface area contributed by atoms with Crippen molar-refractivity contribution in [2.75, 3.05) is 26.0 Å². The average Bonchev–Trinajstić information content (AvgIpc) is 3.44. The van der Waals surface area contributed by atoms with Crippen LogP contribution in [0.2, 0.25) is 0 Å². The largest absolute Gasteiger partial charge is 0.383 e. The molecule has 9 nitrogen and oxygen atoms in total. The van der Waals surface area contributed by atoms with E-state index in [2.05, 4.69) is 36.7 Å². The molecule has 4 heterocycles. The third kappa shape index (κ3) is 3.77. The molecule has 0 saturated carbocycles. The van der Waals surface area contributed by atoms with Crippen molar-refractivity contribution in [3.8, 4) is 11.8 Å². The number of hydrogen-bond donors (Lipinski definition) is 2. The van der Waals surface area contributed by atoms with Crippen LogP contribution in [-0.4, -0.2) is 55.6 Å². The minimum atomic E-state index is 0. The molecule has 0 aliphatic carbocycles. The van der Waals surface area contributed by atoms with Crippen LogP contribution in [0.15, 0.2) is 24.5 Å². The number of nitrogen functional groups attached to an aromatic ring is 1. The van der Waals surface area contributed by atoms with Gasteiger partial charge in [0, 0.05) is 32.3 Å². The topological polar surface area (TPSA) is 109 Å². The molecule has 2 atom stereocenters. The molecule has 3 N–H and O–H groups in total. The number of nitrogens with two attached hydrogens (primary N) is 1. The molecule has 1 aliphatic heterocycles. The number of imidazole rings is 1. The van der Waals surface area contributed by atoms with Crippen molar-refractivity contribution in [1.82, 2.24) is 34.6 Å². The molecule has 4 aromatic rings. The van der Waals surface area contributed by atoms with Crippen molar-refractivity contribution in [2.24, 2.45) is 7.05 Å². The van der Waals surface area contributed by atoms with Gasteiger partial charge in [-0.3, -0.25) is 0 Å². The van der Waals surface area contributed by atoms with Gasteiger partial charge in [-0.15, -0.1) is 12.4 Å². The van der Waals surface area contributed by atoms with Crippen LogP contribution in [-0.2, 0) is 11.8 Å². The maximum atomic E-state index is 6.19. The number of halogens is 1. The first-order chi connectivity index (χ1) is 15.0. The summed E-state index contributed by atoms with van der Waals surface area (Å²) in [4.78, 5) is 13.2. The van der Waals surface area contributed by atoms with E-state index in [0.717, 1.165) is 35.4 Å². The second-order valence-corrected chi connectivity index (χ2v) is 7.87. The first-order valence-corrected chi connectivity index (χ1v) is 10.2. The minimum absolute atomic E-state index is 0. The zero-order valence-electron chi connectivity index (χ0n) is 18.2. The number of rotatable bonds is 3. The van der Waals surface area contributed by atoms with Crippen molar-refractivity contribution in [3.05, 3.63) is 41.6 Å². The van der Waals surface area contributed by atoms with Crippen molar-refractivity contribution in [2.45, 2.75) is 25.4 Å². The Kier molecular flexibility index (Phi) is 6.02. The van der Waals surface area contributed by atoms with Crippen LogP contribution >= 0.6 is 12.4 Å².